The summed E-state index contributed by atoms with van der Waals surface area (Å²) in [6.45, 7) is 0. The second-order valence-electron chi connectivity index (χ2n) is 4.80. The van der Waals surface area contributed by atoms with Crippen molar-refractivity contribution in [3.63, 3.8) is 0 Å². The van der Waals surface area contributed by atoms with E-state index in [1.54, 1.807) is 0 Å². The van der Waals surface area contributed by atoms with Crippen LogP contribution >= 0.6 is 71.2 Å². The largest absolute Gasteiger partial charge is 0.311 e. The number of benzene rings is 2. The third kappa shape index (κ3) is 5.06. The second-order valence-corrected chi connectivity index (χ2v) is 6.43. The molecule has 0 radical (unpaired) electrons. The van der Waals surface area contributed by atoms with Gasteiger partial charge in [-0.2, -0.15) is 0 Å². The maximum atomic E-state index is 6.35. The van der Waals surface area contributed by atoms with Crippen molar-refractivity contribution in [2.75, 3.05) is 14.1 Å². The van der Waals surface area contributed by atoms with Crippen LogP contribution in [0.4, 0.5) is 0 Å². The maximum Gasteiger partial charge on any atom is 0.0546 e. The molecule has 2 aromatic carbocycles. The van der Waals surface area contributed by atoms with E-state index in [1.165, 1.54) is 0 Å². The molecule has 8 heteroatoms. The maximum absolute atomic E-state index is 6.35. The number of hydrogen-bond acceptors (Lipinski definition) is 2. The van der Waals surface area contributed by atoms with Crippen molar-refractivity contribution in [2.45, 2.75) is 12.1 Å². The monoisotopic (exact) mass is 448 g/mol. The van der Waals surface area contributed by atoms with Crippen LogP contribution in [0, 0.1) is 0 Å². The molecule has 0 heterocycles. The molecule has 2 unspecified atom stereocenters. The van der Waals surface area contributed by atoms with E-state index < -0.39 is 0 Å². The van der Waals surface area contributed by atoms with Gasteiger partial charge in [0.05, 0.1) is 12.1 Å². The molecule has 0 spiro atoms. The lowest BCUT2D eigenvalue weighted by Gasteiger charge is -2.30. The number of nitrogens with one attached hydrogen (secondary N) is 2. The highest BCUT2D eigenvalue weighted by Gasteiger charge is 2.29. The summed E-state index contributed by atoms with van der Waals surface area (Å²) in [6, 6.07) is 10.5. The molecule has 2 N–H and O–H groups in total. The van der Waals surface area contributed by atoms with Crippen LogP contribution in [0.5, 0.6) is 0 Å². The van der Waals surface area contributed by atoms with E-state index in [0.29, 0.717) is 20.1 Å². The Kier molecular flexibility index (Phi) is 11.0. The molecule has 0 amide bonds. The fourth-order valence-electron chi connectivity index (χ4n) is 2.57. The Bertz CT molecular complexity index is 567. The third-order valence-electron chi connectivity index (χ3n) is 3.58. The van der Waals surface area contributed by atoms with Crippen LogP contribution in [-0.4, -0.2) is 14.1 Å². The first-order chi connectivity index (χ1) is 10.5. The van der Waals surface area contributed by atoms with Crippen LogP contribution in [0.2, 0.25) is 20.1 Å². The molecular weight excluding hydrogens is 433 g/mol. The minimum absolute atomic E-state index is 0. The second kappa shape index (κ2) is 10.9. The molecule has 0 fully saturated rings. The molecule has 24 heavy (non-hydrogen) atoms. The Hall–Kier alpha value is 0.1000. The molecule has 0 aliphatic carbocycles. The molecular formula is C16H18Cl6N2. The van der Waals surface area contributed by atoms with Crippen molar-refractivity contribution in [3.05, 3.63) is 67.6 Å². The van der Waals surface area contributed by atoms with E-state index in [4.69, 9.17) is 46.4 Å². The Balaban J connectivity index is 0.00000264. The SMILES string of the molecule is CNC(c1c(Cl)cccc1Cl)C(NC)c1c(Cl)cccc1Cl.Cl.Cl. The zero-order valence-electron chi connectivity index (χ0n) is 12.9. The summed E-state index contributed by atoms with van der Waals surface area (Å²) in [4.78, 5) is 0. The Morgan fingerprint density at radius 2 is 0.875 bits per heavy atom. The van der Waals surface area contributed by atoms with Crippen molar-refractivity contribution >= 4 is 71.2 Å². The van der Waals surface area contributed by atoms with Gasteiger partial charge in [-0.1, -0.05) is 58.5 Å². The van der Waals surface area contributed by atoms with Gasteiger partial charge in [0.15, 0.2) is 0 Å². The molecule has 2 aromatic rings. The molecule has 0 bridgehead atoms. The standard InChI is InChI=1S/C16H16Cl4N2.2ClH/c1-21-15(13-9(17)5-3-6-10(13)18)16(22-2)14-11(19)7-4-8-12(14)20;;/h3-8,15-16,21-22H,1-2H3;2*1H. The van der Waals surface area contributed by atoms with E-state index in [2.05, 4.69) is 10.6 Å². The number of hydrogen-bond donors (Lipinski definition) is 2. The van der Waals surface area contributed by atoms with E-state index in [9.17, 15) is 0 Å². The number of likely N-dealkylation sites (N-methyl/N-ethyl adjacent to an activating group) is 2. The van der Waals surface area contributed by atoms with E-state index in [0.717, 1.165) is 11.1 Å². The van der Waals surface area contributed by atoms with Crippen molar-refractivity contribution in [1.82, 2.24) is 10.6 Å². The average molecular weight is 451 g/mol. The van der Waals surface area contributed by atoms with Gasteiger partial charge < -0.3 is 10.6 Å². The molecule has 0 aliphatic heterocycles. The van der Waals surface area contributed by atoms with E-state index in [-0.39, 0.29) is 36.9 Å². The first-order valence-electron chi connectivity index (χ1n) is 6.73. The van der Waals surface area contributed by atoms with Gasteiger partial charge in [-0.05, 0) is 38.4 Å². The molecule has 0 saturated heterocycles. The molecule has 2 atom stereocenters. The van der Waals surface area contributed by atoms with Crippen LogP contribution in [0.15, 0.2) is 36.4 Å². The zero-order valence-corrected chi connectivity index (χ0v) is 17.6. The van der Waals surface area contributed by atoms with Gasteiger partial charge in [-0.3, -0.25) is 0 Å². The summed E-state index contributed by atoms with van der Waals surface area (Å²) in [5.74, 6) is 0. The molecule has 134 valence electrons. The van der Waals surface area contributed by atoms with Gasteiger partial charge in [0, 0.05) is 31.2 Å². The summed E-state index contributed by atoms with van der Waals surface area (Å²) in [5, 5.41) is 8.88. The quantitative estimate of drug-likeness (QED) is 0.553. The number of rotatable bonds is 5. The third-order valence-corrected chi connectivity index (χ3v) is 4.90. The van der Waals surface area contributed by atoms with Gasteiger partial charge >= 0.3 is 0 Å². The van der Waals surface area contributed by atoms with Crippen molar-refractivity contribution in [3.8, 4) is 0 Å². The van der Waals surface area contributed by atoms with Crippen molar-refractivity contribution in [2.24, 2.45) is 0 Å². The summed E-state index contributed by atoms with van der Waals surface area (Å²) in [5.41, 5.74) is 1.62. The van der Waals surface area contributed by atoms with Crippen molar-refractivity contribution < 1.29 is 0 Å². The minimum Gasteiger partial charge on any atom is -0.311 e. The summed E-state index contributed by atoms with van der Waals surface area (Å²) in [6.07, 6.45) is 0. The van der Waals surface area contributed by atoms with Crippen LogP contribution in [-0.2, 0) is 0 Å². The van der Waals surface area contributed by atoms with Crippen LogP contribution < -0.4 is 10.6 Å². The van der Waals surface area contributed by atoms with Gasteiger partial charge in [0.25, 0.3) is 0 Å². The highest BCUT2D eigenvalue weighted by atomic mass is 35.5. The molecule has 2 rings (SSSR count). The van der Waals surface area contributed by atoms with Gasteiger partial charge in [-0.15, -0.1) is 24.8 Å². The summed E-state index contributed by atoms with van der Waals surface area (Å²) in [7, 11) is 3.69. The molecule has 0 aromatic heterocycles. The van der Waals surface area contributed by atoms with Gasteiger partial charge in [0.1, 0.15) is 0 Å². The topological polar surface area (TPSA) is 24.1 Å². The lowest BCUT2D eigenvalue weighted by Crippen LogP contribution is -2.32. The summed E-state index contributed by atoms with van der Waals surface area (Å²) >= 11 is 25.4. The van der Waals surface area contributed by atoms with Crippen molar-refractivity contribution in [1.29, 1.82) is 0 Å². The van der Waals surface area contributed by atoms with Crippen LogP contribution in [0.3, 0.4) is 0 Å². The zero-order chi connectivity index (χ0) is 16.3. The highest BCUT2D eigenvalue weighted by molar-refractivity contribution is 6.37. The normalized spacial score (nSPS) is 12.8. The summed E-state index contributed by atoms with van der Waals surface area (Å²) < 4.78 is 0. The molecule has 2 nitrogen and oxygen atoms in total. The van der Waals surface area contributed by atoms with E-state index in [1.807, 2.05) is 50.5 Å². The van der Waals surface area contributed by atoms with Crippen LogP contribution in [0.25, 0.3) is 0 Å². The fourth-order valence-corrected chi connectivity index (χ4v) is 3.84. The average Bonchev–Trinajstić information content (AvgIpc) is 2.48. The Morgan fingerprint density at radius 3 is 1.08 bits per heavy atom. The van der Waals surface area contributed by atoms with E-state index >= 15 is 0 Å². The van der Waals surface area contributed by atoms with Gasteiger partial charge in [-0.25, -0.2) is 0 Å². The molecule has 0 saturated carbocycles. The smallest absolute Gasteiger partial charge is 0.0546 e. The Morgan fingerprint density at radius 1 is 0.625 bits per heavy atom. The van der Waals surface area contributed by atoms with Gasteiger partial charge in [0.2, 0.25) is 0 Å². The predicted molar refractivity (Wildman–Crippen MR) is 111 cm³/mol. The number of halogens is 6. The first kappa shape index (κ1) is 24.1. The molecule has 0 aliphatic rings. The fraction of sp³-hybridized carbons (Fsp3) is 0.250. The lowest BCUT2D eigenvalue weighted by molar-refractivity contribution is 0.433. The predicted octanol–water partition coefficient (Wildman–Crippen LogP) is 6.37. The Labute approximate surface area is 175 Å². The van der Waals surface area contributed by atoms with Crippen LogP contribution in [0.1, 0.15) is 23.2 Å². The first-order valence-corrected chi connectivity index (χ1v) is 8.24. The highest BCUT2D eigenvalue weighted by Crippen LogP contribution is 2.41. The minimum atomic E-state index is -0.191. The lowest BCUT2D eigenvalue weighted by atomic mass is 9.93.